The molecule has 0 aliphatic heterocycles. The third-order valence-electron chi connectivity index (χ3n) is 3.22. The van der Waals surface area contributed by atoms with E-state index in [9.17, 15) is 5.11 Å². The number of aliphatic hydroxyl groups is 1. The topological polar surface area (TPSA) is 58.0 Å². The fourth-order valence-electron chi connectivity index (χ4n) is 1.95. The summed E-state index contributed by atoms with van der Waals surface area (Å²) >= 11 is 0. The van der Waals surface area contributed by atoms with Gasteiger partial charge in [-0.05, 0) is 18.9 Å². The average molecular weight is 257 g/mol. The first-order chi connectivity index (χ1) is 9.18. The minimum Gasteiger partial charge on any atom is -0.394 e. The van der Waals surface area contributed by atoms with Gasteiger partial charge in [0.2, 0.25) is 0 Å². The largest absolute Gasteiger partial charge is 0.394 e. The molecule has 0 radical (unpaired) electrons. The van der Waals surface area contributed by atoms with Crippen LogP contribution in [0.4, 0.5) is 5.82 Å². The van der Waals surface area contributed by atoms with E-state index < -0.39 is 5.54 Å². The second-order valence-corrected chi connectivity index (χ2v) is 4.73. The van der Waals surface area contributed by atoms with Crippen molar-refractivity contribution in [3.8, 4) is 0 Å². The molecule has 0 aliphatic carbocycles. The highest BCUT2D eigenvalue weighted by molar-refractivity contribution is 5.42. The smallest absolute Gasteiger partial charge is 0.130 e. The van der Waals surface area contributed by atoms with Crippen molar-refractivity contribution in [2.75, 3.05) is 11.9 Å². The van der Waals surface area contributed by atoms with Crippen LogP contribution in [0.3, 0.4) is 0 Å². The maximum atomic E-state index is 9.72. The Hall–Kier alpha value is -1.94. The number of aryl methyl sites for hydroxylation is 1. The first-order valence-corrected chi connectivity index (χ1v) is 6.43. The molecular formula is C15H19N3O. The normalized spacial score (nSPS) is 13.8. The molecule has 2 N–H and O–H groups in total. The quantitative estimate of drug-likeness (QED) is 0.863. The van der Waals surface area contributed by atoms with E-state index in [1.165, 1.54) is 0 Å². The van der Waals surface area contributed by atoms with Crippen molar-refractivity contribution in [3.63, 3.8) is 0 Å². The van der Waals surface area contributed by atoms with Crippen LogP contribution in [-0.4, -0.2) is 21.7 Å². The lowest BCUT2D eigenvalue weighted by Gasteiger charge is -2.30. The van der Waals surface area contributed by atoms with Crippen molar-refractivity contribution in [2.24, 2.45) is 0 Å². The number of aromatic nitrogens is 2. The lowest BCUT2D eigenvalue weighted by molar-refractivity contribution is 0.223. The molecule has 1 atom stereocenters. The van der Waals surface area contributed by atoms with Crippen molar-refractivity contribution in [3.05, 3.63) is 54.0 Å². The van der Waals surface area contributed by atoms with E-state index in [1.807, 2.05) is 43.3 Å². The van der Waals surface area contributed by atoms with Crippen molar-refractivity contribution in [1.82, 2.24) is 9.97 Å². The van der Waals surface area contributed by atoms with Crippen LogP contribution >= 0.6 is 0 Å². The third-order valence-corrected chi connectivity index (χ3v) is 3.22. The Morgan fingerprint density at radius 3 is 2.58 bits per heavy atom. The van der Waals surface area contributed by atoms with E-state index in [4.69, 9.17) is 0 Å². The van der Waals surface area contributed by atoms with Gasteiger partial charge in [0, 0.05) is 11.8 Å². The number of aliphatic hydroxyl groups excluding tert-OH is 1. The van der Waals surface area contributed by atoms with Crippen LogP contribution in [-0.2, 0) is 12.0 Å². The summed E-state index contributed by atoms with van der Waals surface area (Å²) in [5.41, 5.74) is 1.45. The average Bonchev–Trinajstić information content (AvgIpc) is 2.48. The molecule has 1 unspecified atom stereocenters. The fraction of sp³-hybridized carbons (Fsp3) is 0.333. The van der Waals surface area contributed by atoms with Gasteiger partial charge in [-0.1, -0.05) is 37.3 Å². The summed E-state index contributed by atoms with van der Waals surface area (Å²) in [6, 6.07) is 11.8. The Labute approximate surface area is 113 Å². The molecule has 0 bridgehead atoms. The van der Waals surface area contributed by atoms with Crippen LogP contribution in [0.1, 0.15) is 25.1 Å². The van der Waals surface area contributed by atoms with Gasteiger partial charge in [0.25, 0.3) is 0 Å². The van der Waals surface area contributed by atoms with Crippen LogP contribution < -0.4 is 5.32 Å². The van der Waals surface area contributed by atoms with E-state index in [0.717, 1.165) is 23.5 Å². The van der Waals surface area contributed by atoms with Crippen molar-refractivity contribution in [1.29, 1.82) is 0 Å². The number of nitrogens with one attached hydrogen (secondary N) is 1. The van der Waals surface area contributed by atoms with Gasteiger partial charge in [0.1, 0.15) is 12.1 Å². The van der Waals surface area contributed by atoms with E-state index >= 15 is 0 Å². The SMILES string of the molecule is CCc1cc(NC(C)(CO)c2ccccc2)ncn1. The van der Waals surface area contributed by atoms with E-state index in [-0.39, 0.29) is 6.61 Å². The number of benzene rings is 1. The summed E-state index contributed by atoms with van der Waals surface area (Å²) in [5.74, 6) is 0.729. The Bertz CT molecular complexity index is 530. The number of anilines is 1. The van der Waals surface area contributed by atoms with Crippen molar-refractivity contribution in [2.45, 2.75) is 25.8 Å². The standard InChI is InChI=1S/C15H19N3O/c1-3-13-9-14(17-11-16-13)18-15(2,10-19)12-7-5-4-6-8-12/h4-9,11,19H,3,10H2,1-2H3,(H,16,17,18). The summed E-state index contributed by atoms with van der Waals surface area (Å²) in [4.78, 5) is 8.39. The van der Waals surface area contributed by atoms with Gasteiger partial charge in [-0.2, -0.15) is 0 Å². The number of rotatable bonds is 5. The molecule has 0 aliphatic rings. The molecule has 2 aromatic rings. The fourth-order valence-corrected chi connectivity index (χ4v) is 1.95. The minimum absolute atomic E-state index is 0.0114. The molecule has 1 heterocycles. The molecule has 4 heteroatoms. The highest BCUT2D eigenvalue weighted by Crippen LogP contribution is 2.24. The van der Waals surface area contributed by atoms with E-state index in [2.05, 4.69) is 22.2 Å². The Morgan fingerprint density at radius 2 is 1.95 bits per heavy atom. The summed E-state index contributed by atoms with van der Waals surface area (Å²) in [6.07, 6.45) is 2.41. The van der Waals surface area contributed by atoms with Gasteiger partial charge in [0.05, 0.1) is 12.1 Å². The summed E-state index contributed by atoms with van der Waals surface area (Å²) in [6.45, 7) is 3.99. The molecular weight excluding hydrogens is 238 g/mol. The summed E-state index contributed by atoms with van der Waals surface area (Å²) < 4.78 is 0. The molecule has 1 aromatic heterocycles. The van der Waals surface area contributed by atoms with Gasteiger partial charge >= 0.3 is 0 Å². The third kappa shape index (κ3) is 3.09. The minimum atomic E-state index is -0.555. The molecule has 100 valence electrons. The summed E-state index contributed by atoms with van der Waals surface area (Å²) in [5, 5.41) is 13.0. The van der Waals surface area contributed by atoms with Crippen LogP contribution in [0.15, 0.2) is 42.7 Å². The second-order valence-electron chi connectivity index (χ2n) is 4.73. The highest BCUT2D eigenvalue weighted by atomic mass is 16.3. The van der Waals surface area contributed by atoms with Gasteiger partial charge in [-0.25, -0.2) is 9.97 Å². The molecule has 2 rings (SSSR count). The van der Waals surface area contributed by atoms with Gasteiger partial charge in [0.15, 0.2) is 0 Å². The first kappa shape index (κ1) is 13.5. The first-order valence-electron chi connectivity index (χ1n) is 6.43. The number of hydrogen-bond acceptors (Lipinski definition) is 4. The predicted octanol–water partition coefficient (Wildman–Crippen LogP) is 2.36. The van der Waals surface area contributed by atoms with Crippen molar-refractivity contribution < 1.29 is 5.11 Å². The van der Waals surface area contributed by atoms with Gasteiger partial charge < -0.3 is 10.4 Å². The Kier molecular flexibility index (Phi) is 4.12. The summed E-state index contributed by atoms with van der Waals surface area (Å²) in [7, 11) is 0. The number of hydrogen-bond donors (Lipinski definition) is 2. The van der Waals surface area contributed by atoms with E-state index in [0.29, 0.717) is 0 Å². The monoisotopic (exact) mass is 257 g/mol. The zero-order valence-electron chi connectivity index (χ0n) is 11.3. The van der Waals surface area contributed by atoms with Gasteiger partial charge in [-0.3, -0.25) is 0 Å². The van der Waals surface area contributed by atoms with Crippen molar-refractivity contribution >= 4 is 5.82 Å². The molecule has 0 spiro atoms. The zero-order valence-corrected chi connectivity index (χ0v) is 11.3. The second kappa shape index (κ2) is 5.80. The van der Waals surface area contributed by atoms with Crippen LogP contribution in [0.2, 0.25) is 0 Å². The number of nitrogens with zero attached hydrogens (tertiary/aromatic N) is 2. The Morgan fingerprint density at radius 1 is 1.21 bits per heavy atom. The Balaban J connectivity index is 2.27. The van der Waals surface area contributed by atoms with Crippen LogP contribution in [0.5, 0.6) is 0 Å². The van der Waals surface area contributed by atoms with Crippen LogP contribution in [0.25, 0.3) is 0 Å². The molecule has 0 saturated heterocycles. The molecule has 19 heavy (non-hydrogen) atoms. The molecule has 1 aromatic carbocycles. The zero-order chi connectivity index (χ0) is 13.7. The lowest BCUT2D eigenvalue weighted by atomic mass is 9.93. The maximum absolute atomic E-state index is 9.72. The molecule has 0 fully saturated rings. The lowest BCUT2D eigenvalue weighted by Crippen LogP contribution is -2.36. The maximum Gasteiger partial charge on any atom is 0.130 e. The molecule has 0 saturated carbocycles. The van der Waals surface area contributed by atoms with Gasteiger partial charge in [-0.15, -0.1) is 0 Å². The molecule has 4 nitrogen and oxygen atoms in total. The highest BCUT2D eigenvalue weighted by Gasteiger charge is 2.25. The molecule has 0 amide bonds. The van der Waals surface area contributed by atoms with E-state index in [1.54, 1.807) is 6.33 Å². The van der Waals surface area contributed by atoms with Crippen LogP contribution in [0, 0.1) is 0 Å². The predicted molar refractivity (Wildman–Crippen MR) is 75.9 cm³/mol.